The molecule has 0 amide bonds. The summed E-state index contributed by atoms with van der Waals surface area (Å²) < 4.78 is 10.4. The zero-order chi connectivity index (χ0) is 13.1. The molecule has 6 heteroatoms. The van der Waals surface area contributed by atoms with Gasteiger partial charge in [0, 0.05) is 19.2 Å². The minimum absolute atomic E-state index is 0.0690. The van der Waals surface area contributed by atoms with Crippen LogP contribution in [0.2, 0.25) is 5.02 Å². The molecule has 1 heterocycles. The number of morpholine rings is 1. The van der Waals surface area contributed by atoms with E-state index < -0.39 is 5.97 Å². The highest BCUT2D eigenvalue weighted by atomic mass is 35.5. The molecule has 0 saturated carbocycles. The monoisotopic (exact) mass is 271 g/mol. The van der Waals surface area contributed by atoms with Crippen LogP contribution in [0.4, 0.5) is 5.69 Å². The van der Waals surface area contributed by atoms with Crippen LogP contribution in [0.25, 0.3) is 0 Å². The molecule has 1 aromatic rings. The number of rotatable bonds is 3. The van der Waals surface area contributed by atoms with E-state index >= 15 is 0 Å². The largest absolute Gasteiger partial charge is 0.496 e. The number of hydrogen-bond donors (Lipinski definition) is 1. The molecule has 5 nitrogen and oxygen atoms in total. The number of hydrogen-bond acceptors (Lipinski definition) is 4. The van der Waals surface area contributed by atoms with E-state index in [2.05, 4.69) is 4.90 Å². The summed E-state index contributed by atoms with van der Waals surface area (Å²) in [4.78, 5) is 13.1. The van der Waals surface area contributed by atoms with Crippen molar-refractivity contribution >= 4 is 23.3 Å². The van der Waals surface area contributed by atoms with Crippen molar-refractivity contribution in [3.63, 3.8) is 0 Å². The molecule has 1 saturated heterocycles. The van der Waals surface area contributed by atoms with Crippen molar-refractivity contribution in [1.82, 2.24) is 0 Å². The number of benzene rings is 1. The summed E-state index contributed by atoms with van der Waals surface area (Å²) in [6, 6.07) is 3.09. The average molecular weight is 272 g/mol. The summed E-state index contributed by atoms with van der Waals surface area (Å²) in [7, 11) is 1.44. The normalized spacial score (nSPS) is 15.6. The third-order valence-electron chi connectivity index (χ3n) is 2.85. The SMILES string of the molecule is COc1cc(N2CCOCC2)c(Cl)cc1C(=O)O. The van der Waals surface area contributed by atoms with Crippen LogP contribution in [0.15, 0.2) is 12.1 Å². The van der Waals surface area contributed by atoms with Gasteiger partial charge in [-0.3, -0.25) is 0 Å². The van der Waals surface area contributed by atoms with Crippen molar-refractivity contribution in [3.05, 3.63) is 22.7 Å². The Morgan fingerprint density at radius 3 is 2.67 bits per heavy atom. The maximum absolute atomic E-state index is 11.0. The molecule has 0 atom stereocenters. The molecule has 1 aromatic carbocycles. The van der Waals surface area contributed by atoms with Gasteiger partial charge in [-0.25, -0.2) is 4.79 Å². The molecule has 0 aromatic heterocycles. The van der Waals surface area contributed by atoms with Gasteiger partial charge in [-0.1, -0.05) is 11.6 Å². The number of carboxylic acids is 1. The lowest BCUT2D eigenvalue weighted by atomic mass is 10.1. The van der Waals surface area contributed by atoms with Crippen LogP contribution in [0, 0.1) is 0 Å². The maximum atomic E-state index is 11.0. The van der Waals surface area contributed by atoms with Crippen LogP contribution < -0.4 is 9.64 Å². The first-order chi connectivity index (χ1) is 8.63. The fourth-order valence-electron chi connectivity index (χ4n) is 1.93. The molecular weight excluding hydrogens is 258 g/mol. The molecule has 1 fully saturated rings. The maximum Gasteiger partial charge on any atom is 0.339 e. The predicted molar refractivity (Wildman–Crippen MR) is 68.0 cm³/mol. The lowest BCUT2D eigenvalue weighted by Crippen LogP contribution is -2.36. The summed E-state index contributed by atoms with van der Waals surface area (Å²) in [5.74, 6) is -0.740. The first-order valence-electron chi connectivity index (χ1n) is 5.57. The van der Waals surface area contributed by atoms with E-state index in [0.29, 0.717) is 24.0 Å². The van der Waals surface area contributed by atoms with Crippen LogP contribution in [-0.4, -0.2) is 44.5 Å². The van der Waals surface area contributed by atoms with Gasteiger partial charge in [0.1, 0.15) is 11.3 Å². The van der Waals surface area contributed by atoms with Crippen LogP contribution in [0.5, 0.6) is 5.75 Å². The van der Waals surface area contributed by atoms with Gasteiger partial charge in [0.15, 0.2) is 0 Å². The summed E-state index contributed by atoms with van der Waals surface area (Å²) >= 11 is 6.13. The van der Waals surface area contributed by atoms with Crippen molar-refractivity contribution < 1.29 is 19.4 Å². The standard InChI is InChI=1S/C12H14ClNO4/c1-17-11-7-10(14-2-4-18-5-3-14)9(13)6-8(11)12(15)16/h6-7H,2-5H2,1H3,(H,15,16). The number of methoxy groups -OCH3 is 1. The second-order valence-corrected chi connectivity index (χ2v) is 4.32. The van der Waals surface area contributed by atoms with Gasteiger partial charge >= 0.3 is 5.97 Å². The molecule has 0 aliphatic carbocycles. The first kappa shape index (κ1) is 13.0. The third kappa shape index (κ3) is 2.52. The number of anilines is 1. The van der Waals surface area contributed by atoms with Gasteiger partial charge in [-0.15, -0.1) is 0 Å². The van der Waals surface area contributed by atoms with Gasteiger partial charge in [0.25, 0.3) is 0 Å². The molecule has 18 heavy (non-hydrogen) atoms. The van der Waals surface area contributed by atoms with Crippen LogP contribution in [-0.2, 0) is 4.74 Å². The van der Waals surface area contributed by atoms with Gasteiger partial charge < -0.3 is 19.5 Å². The number of nitrogens with zero attached hydrogens (tertiary/aromatic N) is 1. The number of carboxylic acid groups (broad SMARTS) is 1. The molecule has 0 radical (unpaired) electrons. The number of halogens is 1. The Bertz CT molecular complexity index is 458. The molecular formula is C12H14ClNO4. The van der Waals surface area contributed by atoms with Gasteiger partial charge in [0.2, 0.25) is 0 Å². The van der Waals surface area contributed by atoms with Gasteiger partial charge in [-0.2, -0.15) is 0 Å². The first-order valence-corrected chi connectivity index (χ1v) is 5.95. The summed E-state index contributed by atoms with van der Waals surface area (Å²) in [5, 5.41) is 9.46. The lowest BCUT2D eigenvalue weighted by molar-refractivity contribution is 0.0693. The minimum Gasteiger partial charge on any atom is -0.496 e. The van der Waals surface area contributed by atoms with E-state index in [1.54, 1.807) is 6.07 Å². The molecule has 1 N–H and O–H groups in total. The van der Waals surface area contributed by atoms with E-state index in [0.717, 1.165) is 18.8 Å². The molecule has 0 spiro atoms. The quantitative estimate of drug-likeness (QED) is 0.910. The van der Waals surface area contributed by atoms with Crippen molar-refractivity contribution in [2.24, 2.45) is 0 Å². The summed E-state index contributed by atoms with van der Waals surface area (Å²) in [6.07, 6.45) is 0. The van der Waals surface area contributed by atoms with E-state index in [1.807, 2.05) is 0 Å². The molecule has 1 aliphatic rings. The predicted octanol–water partition coefficient (Wildman–Crippen LogP) is 1.88. The number of aromatic carboxylic acids is 1. The average Bonchev–Trinajstić information content (AvgIpc) is 2.39. The van der Waals surface area contributed by atoms with Crippen LogP contribution in [0.3, 0.4) is 0 Å². The van der Waals surface area contributed by atoms with E-state index in [1.165, 1.54) is 13.2 Å². The number of carbonyl (C=O) groups is 1. The highest BCUT2D eigenvalue weighted by Crippen LogP contribution is 2.33. The lowest BCUT2D eigenvalue weighted by Gasteiger charge is -2.30. The van der Waals surface area contributed by atoms with Crippen molar-refractivity contribution in [2.75, 3.05) is 38.3 Å². The van der Waals surface area contributed by atoms with E-state index in [9.17, 15) is 4.79 Å². The van der Waals surface area contributed by atoms with Gasteiger partial charge in [-0.05, 0) is 6.07 Å². The third-order valence-corrected chi connectivity index (χ3v) is 3.15. The van der Waals surface area contributed by atoms with Crippen molar-refractivity contribution in [2.45, 2.75) is 0 Å². The zero-order valence-electron chi connectivity index (χ0n) is 9.98. The summed E-state index contributed by atoms with van der Waals surface area (Å²) in [5.41, 5.74) is 0.848. The topological polar surface area (TPSA) is 59.0 Å². The Kier molecular flexibility index (Phi) is 3.93. The Balaban J connectivity index is 2.39. The Labute approximate surface area is 110 Å². The van der Waals surface area contributed by atoms with E-state index in [4.69, 9.17) is 26.2 Å². The second-order valence-electron chi connectivity index (χ2n) is 3.91. The molecule has 0 unspecified atom stereocenters. The number of ether oxygens (including phenoxy) is 2. The summed E-state index contributed by atoms with van der Waals surface area (Å²) in [6.45, 7) is 2.74. The molecule has 1 aliphatic heterocycles. The zero-order valence-corrected chi connectivity index (χ0v) is 10.7. The molecule has 2 rings (SSSR count). The highest BCUT2D eigenvalue weighted by molar-refractivity contribution is 6.33. The smallest absolute Gasteiger partial charge is 0.339 e. The fourth-order valence-corrected chi connectivity index (χ4v) is 2.21. The van der Waals surface area contributed by atoms with Gasteiger partial charge in [0.05, 0.1) is 31.0 Å². The fraction of sp³-hybridized carbons (Fsp3) is 0.417. The van der Waals surface area contributed by atoms with Crippen molar-refractivity contribution in [3.8, 4) is 5.75 Å². The Hall–Kier alpha value is -1.46. The molecule has 0 bridgehead atoms. The Morgan fingerprint density at radius 1 is 1.44 bits per heavy atom. The second kappa shape index (κ2) is 5.46. The van der Waals surface area contributed by atoms with Crippen LogP contribution in [0.1, 0.15) is 10.4 Å². The minimum atomic E-state index is -1.05. The van der Waals surface area contributed by atoms with Crippen molar-refractivity contribution in [1.29, 1.82) is 0 Å². The highest BCUT2D eigenvalue weighted by Gasteiger charge is 2.19. The van der Waals surface area contributed by atoms with E-state index in [-0.39, 0.29) is 5.56 Å². The van der Waals surface area contributed by atoms with Crippen LogP contribution >= 0.6 is 11.6 Å². The molecule has 98 valence electrons. The Morgan fingerprint density at radius 2 is 2.11 bits per heavy atom.